The van der Waals surface area contributed by atoms with Gasteiger partial charge in [0.15, 0.2) is 0 Å². The summed E-state index contributed by atoms with van der Waals surface area (Å²) in [6, 6.07) is 0.265. The van der Waals surface area contributed by atoms with Crippen molar-refractivity contribution in [1.82, 2.24) is 14.9 Å². The van der Waals surface area contributed by atoms with Gasteiger partial charge < -0.3 is 14.6 Å². The van der Waals surface area contributed by atoms with Gasteiger partial charge in [-0.2, -0.15) is 0 Å². The Hall–Kier alpha value is -1.36. The van der Waals surface area contributed by atoms with Gasteiger partial charge in [0.25, 0.3) is 5.91 Å². The van der Waals surface area contributed by atoms with E-state index in [1.165, 1.54) is 25.7 Å². The highest BCUT2D eigenvalue weighted by Gasteiger charge is 2.59. The van der Waals surface area contributed by atoms with Crippen molar-refractivity contribution < 1.29 is 9.53 Å². The number of nitrogens with zero attached hydrogens (tertiary/aromatic N) is 2. The molecule has 2 atom stereocenters. The van der Waals surface area contributed by atoms with E-state index in [4.69, 9.17) is 4.74 Å². The highest BCUT2D eigenvalue weighted by atomic mass is 16.5. The highest BCUT2D eigenvalue weighted by molar-refractivity contribution is 5.94. The van der Waals surface area contributed by atoms with Crippen molar-refractivity contribution in [3.63, 3.8) is 0 Å². The lowest BCUT2D eigenvalue weighted by molar-refractivity contribution is -0.169. The maximum Gasteiger partial charge on any atom is 0.272 e. The molecule has 2 fully saturated rings. The molecule has 1 spiro atoms. The predicted molar refractivity (Wildman–Crippen MR) is 87.5 cm³/mol. The first-order valence-corrected chi connectivity index (χ1v) is 9.14. The zero-order valence-corrected chi connectivity index (χ0v) is 14.2. The molecule has 0 bridgehead atoms. The minimum Gasteiger partial charge on any atom is -0.378 e. The Bertz CT molecular complexity index is 618. The average molecular weight is 317 g/mol. The van der Waals surface area contributed by atoms with Crippen molar-refractivity contribution in [2.24, 2.45) is 5.41 Å². The summed E-state index contributed by atoms with van der Waals surface area (Å²) in [4.78, 5) is 17.4. The molecule has 5 nitrogen and oxygen atoms in total. The zero-order chi connectivity index (χ0) is 16.0. The van der Waals surface area contributed by atoms with E-state index >= 15 is 0 Å². The van der Waals surface area contributed by atoms with E-state index in [0.717, 1.165) is 43.9 Å². The molecule has 2 aliphatic carbocycles. The van der Waals surface area contributed by atoms with E-state index < -0.39 is 0 Å². The molecule has 126 valence electrons. The molecule has 5 heteroatoms. The number of amides is 1. The second-order valence-corrected chi connectivity index (χ2v) is 7.36. The minimum atomic E-state index is 0.0231. The van der Waals surface area contributed by atoms with Gasteiger partial charge in [0, 0.05) is 24.6 Å². The molecule has 1 aliphatic heterocycles. The summed E-state index contributed by atoms with van der Waals surface area (Å²) < 4.78 is 8.10. The first-order chi connectivity index (χ1) is 11.2. The van der Waals surface area contributed by atoms with Crippen LogP contribution in [0, 0.1) is 12.3 Å². The molecule has 0 radical (unpaired) electrons. The van der Waals surface area contributed by atoms with Crippen molar-refractivity contribution in [2.75, 3.05) is 6.61 Å². The fraction of sp³-hybridized carbons (Fsp3) is 0.778. The van der Waals surface area contributed by atoms with Gasteiger partial charge in [-0.3, -0.25) is 4.79 Å². The molecule has 4 rings (SSSR count). The number of fused-ring (bicyclic) bond motifs is 1. The zero-order valence-electron chi connectivity index (χ0n) is 14.2. The second kappa shape index (κ2) is 5.62. The van der Waals surface area contributed by atoms with Gasteiger partial charge in [-0.25, -0.2) is 4.98 Å². The summed E-state index contributed by atoms with van der Waals surface area (Å²) in [6.07, 6.45) is 8.23. The highest BCUT2D eigenvalue weighted by Crippen LogP contribution is 2.57. The molecule has 3 aliphatic rings. The Labute approximate surface area is 137 Å². The lowest BCUT2D eigenvalue weighted by Gasteiger charge is -2.60. The molecule has 2 saturated carbocycles. The molecule has 23 heavy (non-hydrogen) atoms. The quantitative estimate of drug-likeness (QED) is 0.928. The first kappa shape index (κ1) is 15.2. The van der Waals surface area contributed by atoms with Crippen LogP contribution in [0.5, 0.6) is 0 Å². The Morgan fingerprint density at radius 1 is 1.39 bits per heavy atom. The topological polar surface area (TPSA) is 56.1 Å². The van der Waals surface area contributed by atoms with Crippen molar-refractivity contribution in [3.05, 3.63) is 17.2 Å². The molecule has 1 amide bonds. The molecule has 0 saturated heterocycles. The van der Waals surface area contributed by atoms with E-state index in [9.17, 15) is 4.79 Å². The van der Waals surface area contributed by atoms with Crippen molar-refractivity contribution >= 4 is 5.91 Å². The van der Waals surface area contributed by atoms with Gasteiger partial charge in [0.05, 0.1) is 11.8 Å². The van der Waals surface area contributed by atoms with Gasteiger partial charge >= 0.3 is 0 Å². The van der Waals surface area contributed by atoms with Gasteiger partial charge in [-0.05, 0) is 52.4 Å². The third-order valence-electron chi connectivity index (χ3n) is 6.27. The number of nitrogens with one attached hydrogen (secondary N) is 1. The fourth-order valence-electron chi connectivity index (χ4n) is 4.77. The number of carbonyl (C=O) groups is 1. The molecule has 2 heterocycles. The molecule has 0 aromatic carbocycles. The molecular weight excluding hydrogens is 290 g/mol. The van der Waals surface area contributed by atoms with Crippen LogP contribution in [0.15, 0.2) is 0 Å². The third kappa shape index (κ3) is 2.24. The molecule has 0 unspecified atom stereocenters. The Morgan fingerprint density at radius 2 is 2.22 bits per heavy atom. The number of ether oxygens (including phenoxy) is 1. The number of rotatable bonds is 4. The van der Waals surface area contributed by atoms with Gasteiger partial charge in [-0.1, -0.05) is 6.42 Å². The number of carbonyl (C=O) groups excluding carboxylic acids is 1. The average Bonchev–Trinajstić information content (AvgIpc) is 2.82. The Kier molecular flexibility index (Phi) is 3.71. The molecular formula is C18H27N3O2. The Morgan fingerprint density at radius 3 is 2.91 bits per heavy atom. The van der Waals surface area contributed by atoms with Crippen molar-refractivity contribution in [2.45, 2.75) is 77.5 Å². The summed E-state index contributed by atoms with van der Waals surface area (Å²) >= 11 is 0. The van der Waals surface area contributed by atoms with Gasteiger partial charge in [-0.15, -0.1) is 0 Å². The van der Waals surface area contributed by atoms with Gasteiger partial charge in [0.2, 0.25) is 0 Å². The number of hydrogen-bond donors (Lipinski definition) is 1. The fourth-order valence-corrected chi connectivity index (χ4v) is 4.77. The third-order valence-corrected chi connectivity index (χ3v) is 6.27. The van der Waals surface area contributed by atoms with E-state index in [1.807, 2.05) is 6.92 Å². The molecule has 1 N–H and O–H groups in total. The van der Waals surface area contributed by atoms with E-state index in [0.29, 0.717) is 11.8 Å². The van der Waals surface area contributed by atoms with Crippen LogP contribution >= 0.6 is 0 Å². The van der Waals surface area contributed by atoms with Crippen LogP contribution in [-0.2, 0) is 17.7 Å². The standard InChI is InChI=1S/C18H27N3O2/c1-3-23-15-11-14(18(15)8-6-9-18)20-17(22)16-13-7-4-5-10-21(13)12(2)19-16/h14-15H,3-11H2,1-2H3,(H,20,22)/t14-,15+/m0/s1. The number of aromatic nitrogens is 2. The van der Waals surface area contributed by atoms with Crippen LogP contribution in [0.1, 0.15) is 67.5 Å². The Balaban J connectivity index is 1.49. The number of aryl methyl sites for hydroxylation is 1. The SMILES string of the molecule is CCO[C@@H]1C[C@H](NC(=O)c2nc(C)n3c2CCCC3)C12CCC2. The summed E-state index contributed by atoms with van der Waals surface area (Å²) in [5, 5.41) is 3.28. The minimum absolute atomic E-state index is 0.0231. The molecule has 1 aromatic heterocycles. The van der Waals surface area contributed by atoms with Crippen LogP contribution in [0.2, 0.25) is 0 Å². The maximum atomic E-state index is 12.8. The van der Waals surface area contributed by atoms with Crippen LogP contribution in [0.4, 0.5) is 0 Å². The smallest absolute Gasteiger partial charge is 0.272 e. The molecule has 1 aromatic rings. The number of imidazole rings is 1. The summed E-state index contributed by atoms with van der Waals surface area (Å²) in [5.74, 6) is 0.999. The summed E-state index contributed by atoms with van der Waals surface area (Å²) in [6.45, 7) is 5.83. The first-order valence-electron chi connectivity index (χ1n) is 9.14. The van der Waals surface area contributed by atoms with E-state index in [-0.39, 0.29) is 17.4 Å². The maximum absolute atomic E-state index is 12.8. The lowest BCUT2D eigenvalue weighted by Crippen LogP contribution is -2.67. The van der Waals surface area contributed by atoms with Crippen LogP contribution in [-0.4, -0.2) is 34.2 Å². The predicted octanol–water partition coefficient (Wildman–Crippen LogP) is 2.61. The summed E-state index contributed by atoms with van der Waals surface area (Å²) in [7, 11) is 0. The lowest BCUT2D eigenvalue weighted by atomic mass is 9.51. The second-order valence-electron chi connectivity index (χ2n) is 7.36. The normalized spacial score (nSPS) is 27.9. The number of hydrogen-bond acceptors (Lipinski definition) is 3. The van der Waals surface area contributed by atoms with E-state index in [2.05, 4.69) is 21.8 Å². The largest absolute Gasteiger partial charge is 0.378 e. The monoisotopic (exact) mass is 317 g/mol. The van der Waals surface area contributed by atoms with Crippen molar-refractivity contribution in [3.8, 4) is 0 Å². The van der Waals surface area contributed by atoms with Crippen molar-refractivity contribution in [1.29, 1.82) is 0 Å². The van der Waals surface area contributed by atoms with E-state index in [1.54, 1.807) is 0 Å². The van der Waals surface area contributed by atoms with Crippen LogP contribution < -0.4 is 5.32 Å². The van der Waals surface area contributed by atoms with Crippen LogP contribution in [0.25, 0.3) is 0 Å². The summed E-state index contributed by atoms with van der Waals surface area (Å²) in [5.41, 5.74) is 2.01. The van der Waals surface area contributed by atoms with Crippen LogP contribution in [0.3, 0.4) is 0 Å². The van der Waals surface area contributed by atoms with Gasteiger partial charge in [0.1, 0.15) is 11.5 Å².